The van der Waals surface area contributed by atoms with E-state index in [-0.39, 0.29) is 5.56 Å². The van der Waals surface area contributed by atoms with Gasteiger partial charge in [0.25, 0.3) is 5.56 Å². The van der Waals surface area contributed by atoms with Crippen molar-refractivity contribution in [1.29, 1.82) is 0 Å². The molecule has 0 unspecified atom stereocenters. The van der Waals surface area contributed by atoms with E-state index in [4.69, 9.17) is 11.6 Å². The Hall–Kier alpha value is -1.54. The fourth-order valence-electron chi connectivity index (χ4n) is 1.62. The molecule has 0 aliphatic heterocycles. The van der Waals surface area contributed by atoms with Gasteiger partial charge in [-0.1, -0.05) is 30.4 Å². The van der Waals surface area contributed by atoms with E-state index in [1.807, 2.05) is 48.7 Å². The number of alkyl halides is 1. The Morgan fingerprint density at radius 2 is 2.00 bits per heavy atom. The van der Waals surface area contributed by atoms with E-state index < -0.39 is 0 Å². The van der Waals surface area contributed by atoms with Crippen LogP contribution < -0.4 is 5.56 Å². The fraction of sp³-hybridized carbons (Fsp3) is 0.154. The number of hydrogen-bond donors (Lipinski definition) is 0. The topological polar surface area (TPSA) is 22.0 Å². The molecular formula is C13H12ClNO. The van der Waals surface area contributed by atoms with E-state index in [1.165, 1.54) is 0 Å². The minimum atomic E-state index is 0.0392. The first-order chi connectivity index (χ1) is 7.83. The van der Waals surface area contributed by atoms with Gasteiger partial charge in [-0.2, -0.15) is 0 Å². The number of allylic oxidation sites excluding steroid dienone is 2. The first kappa shape index (κ1) is 11.0. The maximum Gasteiger partial charge on any atom is 0.258 e. The number of rotatable bonds is 3. The quantitative estimate of drug-likeness (QED) is 0.590. The third-order valence-electron chi connectivity index (χ3n) is 2.44. The van der Waals surface area contributed by atoms with Crippen LogP contribution in [0.3, 0.4) is 0 Å². The number of pyridine rings is 1. The minimum Gasteiger partial charge on any atom is -0.311 e. The van der Waals surface area contributed by atoms with Crippen LogP contribution in [0.25, 0.3) is 10.8 Å². The molecule has 1 aromatic carbocycles. The van der Waals surface area contributed by atoms with Crippen LogP contribution in [0.4, 0.5) is 0 Å². The average molecular weight is 234 g/mol. The molecule has 0 aliphatic carbocycles. The summed E-state index contributed by atoms with van der Waals surface area (Å²) in [6.07, 6.45) is 5.54. The van der Waals surface area contributed by atoms with Gasteiger partial charge in [-0.3, -0.25) is 4.79 Å². The van der Waals surface area contributed by atoms with Crippen molar-refractivity contribution in [1.82, 2.24) is 4.57 Å². The predicted molar refractivity (Wildman–Crippen MR) is 68.1 cm³/mol. The van der Waals surface area contributed by atoms with Gasteiger partial charge in [-0.05, 0) is 17.5 Å². The molecule has 0 N–H and O–H groups in total. The van der Waals surface area contributed by atoms with Gasteiger partial charge in [-0.25, -0.2) is 0 Å². The number of aromatic nitrogens is 1. The molecule has 2 rings (SSSR count). The smallest absolute Gasteiger partial charge is 0.258 e. The van der Waals surface area contributed by atoms with E-state index >= 15 is 0 Å². The van der Waals surface area contributed by atoms with Crippen molar-refractivity contribution >= 4 is 22.4 Å². The summed E-state index contributed by atoms with van der Waals surface area (Å²) >= 11 is 5.53. The molecule has 0 atom stereocenters. The molecule has 3 heteroatoms. The molecule has 0 saturated heterocycles. The molecule has 82 valence electrons. The average Bonchev–Trinajstić information content (AvgIpc) is 2.33. The molecule has 2 nitrogen and oxygen atoms in total. The second kappa shape index (κ2) is 4.99. The largest absolute Gasteiger partial charge is 0.311 e. The minimum absolute atomic E-state index is 0.0392. The van der Waals surface area contributed by atoms with Gasteiger partial charge >= 0.3 is 0 Å². The summed E-state index contributed by atoms with van der Waals surface area (Å²) in [5.74, 6) is 0.475. The van der Waals surface area contributed by atoms with E-state index in [0.717, 1.165) is 10.8 Å². The number of hydrogen-bond acceptors (Lipinski definition) is 1. The maximum absolute atomic E-state index is 12.0. The fourth-order valence-corrected chi connectivity index (χ4v) is 1.75. The number of nitrogens with zero attached hydrogens (tertiary/aromatic N) is 1. The molecule has 0 bridgehead atoms. The lowest BCUT2D eigenvalue weighted by Gasteiger charge is -2.03. The normalized spacial score (nSPS) is 11.3. The van der Waals surface area contributed by atoms with Crippen molar-refractivity contribution in [3.63, 3.8) is 0 Å². The van der Waals surface area contributed by atoms with Gasteiger partial charge in [-0.15, -0.1) is 11.6 Å². The third-order valence-corrected chi connectivity index (χ3v) is 2.62. The Morgan fingerprint density at radius 3 is 2.81 bits per heavy atom. The molecule has 2 aromatic rings. The van der Waals surface area contributed by atoms with Gasteiger partial charge in [0, 0.05) is 24.0 Å². The molecule has 0 radical (unpaired) electrons. The van der Waals surface area contributed by atoms with Crippen LogP contribution >= 0.6 is 11.6 Å². The molecule has 0 spiro atoms. The molecular weight excluding hydrogens is 222 g/mol. The number of benzene rings is 1. The van der Waals surface area contributed by atoms with Gasteiger partial charge in [0.2, 0.25) is 0 Å². The van der Waals surface area contributed by atoms with Crippen LogP contribution in [0.2, 0.25) is 0 Å². The number of halogens is 1. The summed E-state index contributed by atoms with van der Waals surface area (Å²) < 4.78 is 1.67. The highest BCUT2D eigenvalue weighted by Crippen LogP contribution is 2.07. The molecule has 0 aliphatic rings. The first-order valence-corrected chi connectivity index (χ1v) is 5.65. The van der Waals surface area contributed by atoms with Crippen molar-refractivity contribution in [3.05, 3.63) is 59.0 Å². The standard InChI is InChI=1S/C13H12ClNO/c14-8-3-4-9-15-10-7-11-5-1-2-6-12(11)13(15)16/h1-7,10H,8-9H2/b4-3+. The zero-order valence-electron chi connectivity index (χ0n) is 8.77. The van der Waals surface area contributed by atoms with Gasteiger partial charge < -0.3 is 4.57 Å². The predicted octanol–water partition coefficient (Wildman–Crippen LogP) is 2.80. The van der Waals surface area contributed by atoms with Crippen LogP contribution in [-0.4, -0.2) is 10.4 Å². The van der Waals surface area contributed by atoms with E-state index in [0.29, 0.717) is 12.4 Å². The lowest BCUT2D eigenvalue weighted by molar-refractivity contribution is 0.788. The Balaban J connectivity index is 2.45. The van der Waals surface area contributed by atoms with Gasteiger partial charge in [0.15, 0.2) is 0 Å². The monoisotopic (exact) mass is 233 g/mol. The number of fused-ring (bicyclic) bond motifs is 1. The molecule has 16 heavy (non-hydrogen) atoms. The molecule has 0 saturated carbocycles. The third kappa shape index (κ3) is 2.17. The lowest BCUT2D eigenvalue weighted by atomic mass is 10.2. The lowest BCUT2D eigenvalue weighted by Crippen LogP contribution is -2.18. The second-order valence-electron chi connectivity index (χ2n) is 3.49. The van der Waals surface area contributed by atoms with Crippen LogP contribution in [-0.2, 0) is 6.54 Å². The van der Waals surface area contributed by atoms with Crippen molar-refractivity contribution < 1.29 is 0 Å². The summed E-state index contributed by atoms with van der Waals surface area (Å²) in [5, 5.41) is 1.73. The first-order valence-electron chi connectivity index (χ1n) is 5.12. The Kier molecular flexibility index (Phi) is 3.42. The highest BCUT2D eigenvalue weighted by atomic mass is 35.5. The van der Waals surface area contributed by atoms with Crippen molar-refractivity contribution in [2.45, 2.75) is 6.54 Å². The van der Waals surface area contributed by atoms with Gasteiger partial charge in [0.1, 0.15) is 0 Å². The van der Waals surface area contributed by atoms with E-state index in [1.54, 1.807) is 4.57 Å². The summed E-state index contributed by atoms with van der Waals surface area (Å²) in [5.41, 5.74) is 0.0392. The SMILES string of the molecule is O=c1c2ccccc2ccn1C/C=C/CCl. The summed E-state index contributed by atoms with van der Waals surface area (Å²) in [6.45, 7) is 0.566. The summed E-state index contributed by atoms with van der Waals surface area (Å²) in [6, 6.07) is 9.54. The molecule has 0 fully saturated rings. The highest BCUT2D eigenvalue weighted by molar-refractivity contribution is 6.18. The zero-order valence-corrected chi connectivity index (χ0v) is 9.52. The van der Waals surface area contributed by atoms with E-state index in [9.17, 15) is 4.79 Å². The van der Waals surface area contributed by atoms with Crippen molar-refractivity contribution in [3.8, 4) is 0 Å². The summed E-state index contributed by atoms with van der Waals surface area (Å²) in [4.78, 5) is 12.0. The maximum atomic E-state index is 12.0. The van der Waals surface area contributed by atoms with Crippen LogP contribution in [0.5, 0.6) is 0 Å². The molecule has 0 amide bonds. The zero-order chi connectivity index (χ0) is 11.4. The Bertz CT molecular complexity index is 571. The van der Waals surface area contributed by atoms with Crippen LogP contribution in [0.1, 0.15) is 0 Å². The highest BCUT2D eigenvalue weighted by Gasteiger charge is 1.99. The Morgan fingerprint density at radius 1 is 1.19 bits per heavy atom. The van der Waals surface area contributed by atoms with Crippen molar-refractivity contribution in [2.24, 2.45) is 0 Å². The summed E-state index contributed by atoms with van der Waals surface area (Å²) in [7, 11) is 0. The van der Waals surface area contributed by atoms with Crippen LogP contribution in [0, 0.1) is 0 Å². The van der Waals surface area contributed by atoms with Crippen LogP contribution in [0.15, 0.2) is 53.5 Å². The van der Waals surface area contributed by atoms with Gasteiger partial charge in [0.05, 0.1) is 0 Å². The molecule has 1 heterocycles. The van der Waals surface area contributed by atoms with Crippen molar-refractivity contribution in [2.75, 3.05) is 5.88 Å². The molecule has 1 aromatic heterocycles. The Labute approximate surface area is 98.8 Å². The van der Waals surface area contributed by atoms with E-state index in [2.05, 4.69) is 0 Å². The second-order valence-corrected chi connectivity index (χ2v) is 3.79.